The quantitative estimate of drug-likeness (QED) is 0.303. The molecule has 11 heteroatoms. The Morgan fingerprint density at radius 2 is 1.91 bits per heavy atom. The lowest BCUT2D eigenvalue weighted by Crippen LogP contribution is -2.42. The van der Waals surface area contributed by atoms with Crippen LogP contribution in [0.1, 0.15) is 30.5 Å². The van der Waals surface area contributed by atoms with E-state index in [2.05, 4.69) is 30.9 Å². The Balaban J connectivity index is 1.37. The first-order chi connectivity index (χ1) is 16.7. The predicted octanol–water partition coefficient (Wildman–Crippen LogP) is 2.16. The van der Waals surface area contributed by atoms with Gasteiger partial charge in [0.15, 0.2) is 0 Å². The number of aliphatic hydroxyl groups is 2. The Morgan fingerprint density at radius 1 is 1.11 bits per heavy atom. The highest BCUT2D eigenvalue weighted by atomic mass is 79.9. The molecule has 1 spiro atoms. The molecule has 4 aromatic rings. The third-order valence-corrected chi connectivity index (χ3v) is 8.37. The second kappa shape index (κ2) is 7.61. The number of fused-ring (bicyclic) bond motifs is 2. The van der Waals surface area contributed by atoms with Crippen LogP contribution in [0.15, 0.2) is 47.3 Å². The van der Waals surface area contributed by atoms with E-state index in [0.717, 1.165) is 20.9 Å². The summed E-state index contributed by atoms with van der Waals surface area (Å²) in [5.41, 5.74) is 13.0. The van der Waals surface area contributed by atoms with Crippen LogP contribution in [-0.4, -0.2) is 59.8 Å². The smallest absolute Gasteiger partial charge is 0.231 e. The summed E-state index contributed by atoms with van der Waals surface area (Å²) in [6.45, 7) is 0. The van der Waals surface area contributed by atoms with Crippen molar-refractivity contribution in [2.75, 3.05) is 18.5 Å². The molecule has 35 heavy (non-hydrogen) atoms. The zero-order valence-electron chi connectivity index (χ0n) is 18.8. The van der Waals surface area contributed by atoms with Gasteiger partial charge >= 0.3 is 0 Å². The van der Waals surface area contributed by atoms with Gasteiger partial charge in [-0.3, -0.25) is 4.79 Å². The minimum atomic E-state index is -1.23. The van der Waals surface area contributed by atoms with E-state index in [9.17, 15) is 15.0 Å². The van der Waals surface area contributed by atoms with Gasteiger partial charge in [0.25, 0.3) is 0 Å². The number of aromatic nitrogens is 4. The molecule has 180 valence electrons. The van der Waals surface area contributed by atoms with Gasteiger partial charge < -0.3 is 31.1 Å². The average molecular weight is 538 g/mol. The number of nitrogen functional groups attached to an aromatic ring is 2. The number of amides is 1. The first kappa shape index (κ1) is 22.2. The van der Waals surface area contributed by atoms with E-state index < -0.39 is 23.7 Å². The number of hydrogen-bond acceptors (Lipinski definition) is 8. The second-order valence-electron chi connectivity index (χ2n) is 9.53. The van der Waals surface area contributed by atoms with Crippen molar-refractivity contribution in [3.63, 3.8) is 0 Å². The minimum absolute atomic E-state index is 0.189. The minimum Gasteiger partial charge on any atom is -0.389 e. The summed E-state index contributed by atoms with van der Waals surface area (Å²) in [6.07, 6.45) is 1.40. The number of benzene rings is 1. The summed E-state index contributed by atoms with van der Waals surface area (Å²) in [5, 5.41) is 23.9. The first-order valence-electron chi connectivity index (χ1n) is 11.3. The molecule has 6 N–H and O–H groups in total. The van der Waals surface area contributed by atoms with Crippen molar-refractivity contribution in [3.05, 3.63) is 52.9 Å². The molecular formula is C24H24BrN7O3. The van der Waals surface area contributed by atoms with E-state index in [0.29, 0.717) is 29.1 Å². The average Bonchev–Trinajstić information content (AvgIpc) is 3.46. The molecule has 5 unspecified atom stereocenters. The number of nitrogens with two attached hydrogens (primary N) is 2. The van der Waals surface area contributed by atoms with Crippen LogP contribution in [-0.2, 0) is 4.79 Å². The van der Waals surface area contributed by atoms with Gasteiger partial charge in [0.1, 0.15) is 29.7 Å². The fourth-order valence-corrected chi connectivity index (χ4v) is 6.21. The highest BCUT2D eigenvalue weighted by Crippen LogP contribution is 2.56. The summed E-state index contributed by atoms with van der Waals surface area (Å²) < 4.78 is 2.51. The number of carbonyl (C=O) groups is 1. The number of anilines is 2. The molecular weight excluding hydrogens is 514 g/mol. The maximum Gasteiger partial charge on any atom is 0.231 e. The van der Waals surface area contributed by atoms with Crippen LogP contribution >= 0.6 is 15.9 Å². The van der Waals surface area contributed by atoms with Crippen LogP contribution in [0.3, 0.4) is 0 Å². The largest absolute Gasteiger partial charge is 0.389 e. The Labute approximate surface area is 208 Å². The molecule has 0 bridgehead atoms. The molecule has 0 radical (unpaired) electrons. The topological polar surface area (TPSA) is 156 Å². The zero-order chi connectivity index (χ0) is 24.6. The van der Waals surface area contributed by atoms with Gasteiger partial charge in [0.2, 0.25) is 5.91 Å². The zero-order valence-corrected chi connectivity index (χ0v) is 20.4. The second-order valence-corrected chi connectivity index (χ2v) is 10.4. The van der Waals surface area contributed by atoms with Crippen LogP contribution in [0, 0.1) is 5.41 Å². The van der Waals surface area contributed by atoms with Gasteiger partial charge in [0, 0.05) is 18.6 Å². The number of aliphatic hydroxyl groups excluding tert-OH is 2. The van der Waals surface area contributed by atoms with Crippen LogP contribution in [0.5, 0.6) is 0 Å². The predicted molar refractivity (Wildman–Crippen MR) is 134 cm³/mol. The van der Waals surface area contributed by atoms with Crippen LogP contribution < -0.4 is 11.5 Å². The number of nitrogens with zero attached hydrogens (tertiary/aromatic N) is 5. The fraction of sp³-hybridized carbons (Fsp3) is 0.333. The van der Waals surface area contributed by atoms with Gasteiger partial charge in [-0.1, -0.05) is 12.1 Å². The molecule has 1 aliphatic carbocycles. The lowest BCUT2D eigenvalue weighted by Gasteiger charge is -2.25. The van der Waals surface area contributed by atoms with E-state index in [1.807, 2.05) is 24.3 Å². The molecule has 1 saturated heterocycles. The number of carbonyl (C=O) groups excluding carboxylic acids is 1. The molecule has 1 amide bonds. The summed E-state index contributed by atoms with van der Waals surface area (Å²) in [5.74, 6) is 0.541. The number of pyridine rings is 1. The molecule has 1 aromatic carbocycles. The number of rotatable bonds is 2. The Morgan fingerprint density at radius 3 is 2.71 bits per heavy atom. The van der Waals surface area contributed by atoms with Crippen molar-refractivity contribution in [3.8, 4) is 0 Å². The van der Waals surface area contributed by atoms with E-state index in [1.54, 1.807) is 28.8 Å². The van der Waals surface area contributed by atoms with Crippen LogP contribution in [0.4, 0.5) is 11.6 Å². The first-order valence-corrected chi connectivity index (χ1v) is 12.1. The maximum absolute atomic E-state index is 13.6. The number of likely N-dealkylation sites (tertiary alicyclic amines) is 1. The molecule has 5 atom stereocenters. The normalized spacial score (nSPS) is 28.7. The number of hydrogen-bond donors (Lipinski definition) is 4. The van der Waals surface area contributed by atoms with Gasteiger partial charge in [-0.25, -0.2) is 15.0 Å². The monoisotopic (exact) mass is 537 g/mol. The summed E-state index contributed by atoms with van der Waals surface area (Å²) in [4.78, 5) is 28.1. The van der Waals surface area contributed by atoms with Crippen molar-refractivity contribution in [2.45, 2.75) is 37.1 Å². The van der Waals surface area contributed by atoms with Crippen molar-refractivity contribution >= 4 is 55.4 Å². The third kappa shape index (κ3) is 3.08. The van der Waals surface area contributed by atoms with Crippen molar-refractivity contribution in [2.24, 2.45) is 5.41 Å². The Kier molecular flexibility index (Phi) is 4.83. The van der Waals surface area contributed by atoms with E-state index in [1.165, 1.54) is 6.33 Å². The maximum atomic E-state index is 13.6. The SMILES string of the molecule is CN1C(=O)C2(CC1c1ccc3cc(Br)c(N)nc3c1)CC(n1ccc3c(N)ncnc31)C(O)C2O. The van der Waals surface area contributed by atoms with Gasteiger partial charge in [-0.05, 0) is 52.5 Å². The molecule has 1 saturated carbocycles. The Hall–Kier alpha value is -3.28. The van der Waals surface area contributed by atoms with Crippen molar-refractivity contribution in [1.82, 2.24) is 24.4 Å². The molecule has 2 fully saturated rings. The van der Waals surface area contributed by atoms with Gasteiger partial charge in [-0.2, -0.15) is 0 Å². The van der Waals surface area contributed by atoms with E-state index >= 15 is 0 Å². The van der Waals surface area contributed by atoms with Crippen molar-refractivity contribution < 1.29 is 15.0 Å². The fourth-order valence-electron chi connectivity index (χ4n) is 5.87. The van der Waals surface area contributed by atoms with Crippen molar-refractivity contribution in [1.29, 1.82) is 0 Å². The van der Waals surface area contributed by atoms with Crippen LogP contribution in [0.2, 0.25) is 0 Å². The molecule has 10 nitrogen and oxygen atoms in total. The molecule has 6 rings (SSSR count). The van der Waals surface area contributed by atoms with Gasteiger partial charge in [0.05, 0.1) is 39.0 Å². The third-order valence-electron chi connectivity index (χ3n) is 7.73. The molecule has 2 aliphatic rings. The van der Waals surface area contributed by atoms with E-state index in [-0.39, 0.29) is 18.4 Å². The molecule has 3 aromatic heterocycles. The summed E-state index contributed by atoms with van der Waals surface area (Å²) >= 11 is 3.40. The van der Waals surface area contributed by atoms with E-state index in [4.69, 9.17) is 11.5 Å². The lowest BCUT2D eigenvalue weighted by atomic mass is 9.79. The lowest BCUT2D eigenvalue weighted by molar-refractivity contribution is -0.141. The number of halogens is 1. The summed E-state index contributed by atoms with van der Waals surface area (Å²) in [6, 6.07) is 8.72. The molecule has 4 heterocycles. The van der Waals surface area contributed by atoms with Gasteiger partial charge in [-0.15, -0.1) is 0 Å². The Bertz CT molecular complexity index is 1510. The standard InChI is InChI=1S/C24H24BrN7O3/c1-31-16(12-3-2-11-6-14(25)21(27)30-15(11)7-12)8-24(23(31)35)9-17(18(33)19(24)34)32-5-4-13-20(26)28-10-29-22(13)32/h2-7,10,16-19,33-34H,8-9H2,1H3,(H2,27,30)(H2,26,28,29). The highest BCUT2D eigenvalue weighted by molar-refractivity contribution is 9.10. The van der Waals surface area contributed by atoms with Crippen LogP contribution in [0.25, 0.3) is 21.9 Å². The highest BCUT2D eigenvalue weighted by Gasteiger charge is 2.63. The molecule has 1 aliphatic heterocycles. The summed E-state index contributed by atoms with van der Waals surface area (Å²) in [7, 11) is 1.74.